The van der Waals surface area contributed by atoms with Crippen molar-refractivity contribution < 1.29 is 13.9 Å². The molecule has 0 aliphatic carbocycles. The smallest absolute Gasteiger partial charge is 0.355 e. The summed E-state index contributed by atoms with van der Waals surface area (Å²) in [7, 11) is 1.27. The second-order valence-electron chi connectivity index (χ2n) is 7.44. The topological polar surface area (TPSA) is 95.2 Å². The number of aromatic nitrogens is 3. The van der Waals surface area contributed by atoms with Crippen molar-refractivity contribution in [3.8, 4) is 5.75 Å². The van der Waals surface area contributed by atoms with Crippen LogP contribution in [0, 0.1) is 5.82 Å². The van der Waals surface area contributed by atoms with Crippen LogP contribution in [0.4, 0.5) is 16.0 Å². The van der Waals surface area contributed by atoms with E-state index in [-0.39, 0.29) is 35.7 Å². The lowest BCUT2D eigenvalue weighted by Gasteiger charge is -2.16. The molecule has 3 rings (SSSR count). The number of nitrogens with zero attached hydrogens (tertiary/aromatic N) is 3. The standard InChI is InChI=1S/C21H21BClFN4O4/c1-12(2)32-17-8-7-15(9-16(17)24)25-19-26-20(30)28(11-18(22)29)21(31)27(19)10-13-3-5-14(23)6-4-13/h3-9,12H,10-11,22H2,1-2H3,(H,25,26,30). The molecule has 0 spiro atoms. The molecule has 1 heterocycles. The van der Waals surface area contributed by atoms with Crippen LogP contribution >= 0.6 is 11.6 Å². The minimum absolute atomic E-state index is 0.0422. The highest BCUT2D eigenvalue weighted by Gasteiger charge is 2.16. The van der Waals surface area contributed by atoms with Gasteiger partial charge in [0.05, 0.1) is 19.2 Å². The first-order valence-corrected chi connectivity index (χ1v) is 10.2. The van der Waals surface area contributed by atoms with E-state index in [1.807, 2.05) is 0 Å². The zero-order chi connectivity index (χ0) is 23.4. The highest BCUT2D eigenvalue weighted by molar-refractivity contribution is 6.57. The number of hydrogen-bond acceptors (Lipinski definition) is 6. The van der Waals surface area contributed by atoms with Gasteiger partial charge in [0, 0.05) is 16.8 Å². The minimum Gasteiger partial charge on any atom is -0.488 e. The number of hydrogen-bond donors (Lipinski definition) is 1. The molecule has 0 saturated heterocycles. The molecule has 2 aromatic carbocycles. The molecule has 1 aromatic heterocycles. The SMILES string of the molecule is BC(=O)Cn1c(=O)nc(Nc2ccc(OC(C)C)c(F)c2)n(Cc2ccc(Cl)cc2)c1=O. The van der Waals surface area contributed by atoms with Gasteiger partial charge in [-0.2, -0.15) is 4.98 Å². The van der Waals surface area contributed by atoms with Crippen molar-refractivity contribution in [1.29, 1.82) is 0 Å². The van der Waals surface area contributed by atoms with Gasteiger partial charge in [-0.15, -0.1) is 0 Å². The highest BCUT2D eigenvalue weighted by Crippen LogP contribution is 2.24. The molecule has 32 heavy (non-hydrogen) atoms. The number of ether oxygens (including phenoxy) is 1. The number of carbonyl (C=O) groups is 1. The van der Waals surface area contributed by atoms with Gasteiger partial charge in [-0.3, -0.25) is 4.57 Å². The molecule has 0 radical (unpaired) electrons. The van der Waals surface area contributed by atoms with Gasteiger partial charge in [0.25, 0.3) is 0 Å². The largest absolute Gasteiger partial charge is 0.488 e. The van der Waals surface area contributed by atoms with Gasteiger partial charge in [0.15, 0.2) is 19.4 Å². The lowest BCUT2D eigenvalue weighted by molar-refractivity contribution is -0.112. The molecule has 8 nitrogen and oxygen atoms in total. The van der Waals surface area contributed by atoms with Crippen LogP contribution in [0.15, 0.2) is 52.1 Å². The van der Waals surface area contributed by atoms with Gasteiger partial charge >= 0.3 is 11.4 Å². The van der Waals surface area contributed by atoms with E-state index in [9.17, 15) is 18.8 Å². The summed E-state index contributed by atoms with van der Waals surface area (Å²) in [5.41, 5.74) is -1.01. The third kappa shape index (κ3) is 5.64. The van der Waals surface area contributed by atoms with E-state index in [0.717, 1.165) is 4.57 Å². The first kappa shape index (κ1) is 23.3. The minimum atomic E-state index is -0.889. The van der Waals surface area contributed by atoms with Gasteiger partial charge < -0.3 is 14.8 Å². The number of carbonyl (C=O) groups excluding carboxylic acids is 1. The Kier molecular flexibility index (Phi) is 7.14. The quantitative estimate of drug-likeness (QED) is 0.518. The van der Waals surface area contributed by atoms with Crippen molar-refractivity contribution in [2.45, 2.75) is 33.0 Å². The van der Waals surface area contributed by atoms with Crippen molar-refractivity contribution in [3.05, 3.63) is 79.8 Å². The molecule has 0 atom stereocenters. The second kappa shape index (κ2) is 9.82. The van der Waals surface area contributed by atoms with E-state index in [4.69, 9.17) is 16.3 Å². The van der Waals surface area contributed by atoms with E-state index < -0.39 is 23.7 Å². The van der Waals surface area contributed by atoms with Crippen molar-refractivity contribution in [2.24, 2.45) is 0 Å². The zero-order valence-electron chi connectivity index (χ0n) is 17.8. The van der Waals surface area contributed by atoms with Gasteiger partial charge in [0.1, 0.15) is 5.68 Å². The molecule has 3 aromatic rings. The van der Waals surface area contributed by atoms with Crippen LogP contribution in [-0.4, -0.2) is 33.8 Å². The summed E-state index contributed by atoms with van der Waals surface area (Å²) < 4.78 is 21.7. The number of rotatable bonds is 8. The predicted octanol–water partition coefficient (Wildman–Crippen LogP) is 1.94. The van der Waals surface area contributed by atoms with Crippen molar-refractivity contribution >= 4 is 36.8 Å². The summed E-state index contributed by atoms with van der Waals surface area (Å²) in [5, 5.41) is 3.35. The summed E-state index contributed by atoms with van der Waals surface area (Å²) in [4.78, 5) is 40.9. The van der Waals surface area contributed by atoms with Crippen molar-refractivity contribution in [1.82, 2.24) is 14.1 Å². The van der Waals surface area contributed by atoms with Crippen molar-refractivity contribution in [3.63, 3.8) is 0 Å². The zero-order valence-corrected chi connectivity index (χ0v) is 18.5. The Bertz CT molecular complexity index is 1260. The van der Waals surface area contributed by atoms with Crippen LogP contribution in [-0.2, 0) is 17.9 Å². The maximum absolute atomic E-state index is 14.4. The normalized spacial score (nSPS) is 10.9. The Morgan fingerprint density at radius 3 is 2.47 bits per heavy atom. The van der Waals surface area contributed by atoms with Crippen molar-refractivity contribution in [2.75, 3.05) is 5.32 Å². The van der Waals surface area contributed by atoms with E-state index >= 15 is 0 Å². The lowest BCUT2D eigenvalue weighted by Crippen LogP contribution is -2.44. The molecule has 0 aliphatic rings. The molecule has 11 heteroatoms. The average molecular weight is 459 g/mol. The van der Waals surface area contributed by atoms with Crippen LogP contribution in [0.5, 0.6) is 5.75 Å². The average Bonchev–Trinajstić information content (AvgIpc) is 2.71. The number of nitrogens with one attached hydrogen (secondary N) is 1. The number of benzene rings is 2. The molecule has 0 aliphatic heterocycles. The molecule has 0 fully saturated rings. The molecule has 0 saturated carbocycles. The monoisotopic (exact) mass is 458 g/mol. The summed E-state index contributed by atoms with van der Waals surface area (Å²) >= 11 is 5.92. The number of halogens is 2. The Balaban J connectivity index is 2.04. The Labute approximate surface area is 189 Å². The van der Waals surface area contributed by atoms with Gasteiger partial charge in [-0.05, 0) is 43.7 Å². The fourth-order valence-corrected chi connectivity index (χ4v) is 3.08. The number of anilines is 2. The summed E-state index contributed by atoms with van der Waals surface area (Å²) in [5.74, 6) is -0.624. The Hall–Kier alpha value is -3.40. The third-order valence-corrected chi connectivity index (χ3v) is 4.59. The first-order chi connectivity index (χ1) is 15.1. The highest BCUT2D eigenvalue weighted by atomic mass is 35.5. The van der Waals surface area contributed by atoms with E-state index in [1.54, 1.807) is 44.2 Å². The van der Waals surface area contributed by atoms with Gasteiger partial charge in [-0.25, -0.2) is 18.5 Å². The van der Waals surface area contributed by atoms with E-state index in [1.165, 1.54) is 24.5 Å². The predicted molar refractivity (Wildman–Crippen MR) is 122 cm³/mol. The molecule has 1 N–H and O–H groups in total. The molecular weight excluding hydrogens is 438 g/mol. The van der Waals surface area contributed by atoms with Gasteiger partial charge in [0.2, 0.25) is 5.95 Å². The van der Waals surface area contributed by atoms with E-state index in [2.05, 4.69) is 10.3 Å². The fourth-order valence-electron chi connectivity index (χ4n) is 2.95. The summed E-state index contributed by atoms with van der Waals surface area (Å²) in [6.07, 6.45) is -0.205. The Morgan fingerprint density at radius 1 is 1.19 bits per heavy atom. The van der Waals surface area contributed by atoms with Crippen LogP contribution in [0.25, 0.3) is 0 Å². The summed E-state index contributed by atoms with van der Waals surface area (Å²) in [6.45, 7) is 3.20. The molecule has 0 amide bonds. The maximum Gasteiger partial charge on any atom is 0.355 e. The first-order valence-electron chi connectivity index (χ1n) is 9.83. The van der Waals surface area contributed by atoms with E-state index in [0.29, 0.717) is 10.6 Å². The third-order valence-electron chi connectivity index (χ3n) is 4.34. The fraction of sp³-hybridized carbons (Fsp3) is 0.238. The maximum atomic E-state index is 14.4. The lowest BCUT2D eigenvalue weighted by atomic mass is 10.0. The molecule has 0 unspecified atom stereocenters. The van der Waals surface area contributed by atoms with Gasteiger partial charge in [-0.1, -0.05) is 23.7 Å². The van der Waals surface area contributed by atoms with Crippen LogP contribution in [0.1, 0.15) is 19.4 Å². The second-order valence-corrected chi connectivity index (χ2v) is 7.87. The van der Waals surface area contributed by atoms with Crippen LogP contribution < -0.4 is 21.4 Å². The summed E-state index contributed by atoms with van der Waals surface area (Å²) in [6, 6.07) is 10.9. The Morgan fingerprint density at radius 2 is 1.88 bits per heavy atom. The molecule has 166 valence electrons. The van der Waals surface area contributed by atoms with Crippen LogP contribution in [0.2, 0.25) is 5.02 Å². The molecular formula is C21H21BClFN4O4. The van der Waals surface area contributed by atoms with Crippen LogP contribution in [0.3, 0.4) is 0 Å². The molecule has 0 bridgehead atoms.